The maximum absolute atomic E-state index is 14.1. The summed E-state index contributed by atoms with van der Waals surface area (Å²) < 4.78 is 84.7. The van der Waals surface area contributed by atoms with E-state index in [4.69, 9.17) is 11.6 Å². The number of alkyl halides is 7. The van der Waals surface area contributed by atoms with E-state index in [1.165, 1.54) is 19.3 Å². The van der Waals surface area contributed by atoms with E-state index < -0.39 is 53.9 Å². The second-order valence-corrected chi connectivity index (χ2v) is 8.26. The molecule has 1 N–H and O–H groups in total. The lowest BCUT2D eigenvalue weighted by molar-refractivity contribution is -0.274. The van der Waals surface area contributed by atoms with Gasteiger partial charge >= 0.3 is 13.0 Å². The molecule has 36 heavy (non-hydrogen) atoms. The van der Waals surface area contributed by atoms with Crippen LogP contribution in [0, 0.1) is 0 Å². The highest BCUT2D eigenvalue weighted by Gasteiger charge is 2.48. The Kier molecular flexibility index (Phi) is 8.29. The van der Waals surface area contributed by atoms with Gasteiger partial charge in [0, 0.05) is 29.7 Å². The first-order chi connectivity index (χ1) is 16.8. The highest BCUT2D eigenvalue weighted by Crippen LogP contribution is 2.37. The number of carbonyl (C=O) groups excluding carboxylic acids is 2. The molecule has 2 aromatic rings. The molecule has 1 heterocycles. The smallest absolute Gasteiger partial charge is 0.406 e. The van der Waals surface area contributed by atoms with Crippen molar-refractivity contribution < 1.29 is 45.4 Å². The predicted octanol–water partition coefficient (Wildman–Crippen LogP) is 4.04. The SMILES string of the molecule is C[C@@](C(=O)NC1CC(OC(F)F)C1)(c1cncnc1)N(C(=O)[C@H](F)Cl)c1ccc(OC(F)(F)F)cc1. The number of rotatable bonds is 9. The maximum atomic E-state index is 14.1. The molecule has 196 valence electrons. The van der Waals surface area contributed by atoms with Gasteiger partial charge in [-0.05, 0) is 44.0 Å². The Morgan fingerprint density at radius 3 is 2.19 bits per heavy atom. The number of nitrogens with one attached hydrogen (secondary N) is 1. The average Bonchev–Trinajstić information content (AvgIpc) is 2.77. The molecule has 0 saturated heterocycles. The summed E-state index contributed by atoms with van der Waals surface area (Å²) in [4.78, 5) is 34.7. The van der Waals surface area contributed by atoms with E-state index in [2.05, 4.69) is 24.8 Å². The van der Waals surface area contributed by atoms with Crippen molar-refractivity contribution in [1.82, 2.24) is 15.3 Å². The molecule has 1 aliphatic rings. The Bertz CT molecular complexity index is 1050. The van der Waals surface area contributed by atoms with Gasteiger partial charge in [0.2, 0.25) is 0 Å². The van der Waals surface area contributed by atoms with E-state index >= 15 is 0 Å². The third-order valence-corrected chi connectivity index (χ3v) is 5.66. The van der Waals surface area contributed by atoms with Crippen LogP contribution in [0.4, 0.5) is 32.0 Å². The maximum Gasteiger partial charge on any atom is 0.573 e. The second kappa shape index (κ2) is 10.9. The first-order valence-electron chi connectivity index (χ1n) is 10.3. The molecule has 1 aromatic carbocycles. The number of hydrogen-bond donors (Lipinski definition) is 1. The van der Waals surface area contributed by atoms with Crippen molar-refractivity contribution in [3.05, 3.63) is 48.5 Å². The summed E-state index contributed by atoms with van der Waals surface area (Å²) in [5, 5.41) is 2.59. The monoisotopic (exact) mass is 540 g/mol. The summed E-state index contributed by atoms with van der Waals surface area (Å²) in [7, 11) is 0. The molecule has 1 aromatic heterocycles. The second-order valence-electron chi connectivity index (χ2n) is 7.88. The van der Waals surface area contributed by atoms with Gasteiger partial charge in [0.15, 0.2) is 5.54 Å². The summed E-state index contributed by atoms with van der Waals surface area (Å²) in [5.74, 6) is -2.91. The Morgan fingerprint density at radius 1 is 1.11 bits per heavy atom. The number of nitrogens with zero attached hydrogens (tertiary/aromatic N) is 3. The van der Waals surface area contributed by atoms with Crippen molar-refractivity contribution in [2.75, 3.05) is 4.90 Å². The quantitative estimate of drug-likeness (QED) is 0.381. The van der Waals surface area contributed by atoms with Crippen molar-refractivity contribution in [2.45, 2.75) is 56.1 Å². The van der Waals surface area contributed by atoms with E-state index in [9.17, 15) is 35.9 Å². The highest BCUT2D eigenvalue weighted by molar-refractivity contribution is 6.32. The van der Waals surface area contributed by atoms with E-state index in [0.717, 1.165) is 30.6 Å². The van der Waals surface area contributed by atoms with Crippen LogP contribution in [0.25, 0.3) is 0 Å². The van der Waals surface area contributed by atoms with E-state index in [0.29, 0.717) is 4.90 Å². The summed E-state index contributed by atoms with van der Waals surface area (Å²) in [6.07, 6.45) is -2.18. The van der Waals surface area contributed by atoms with Gasteiger partial charge in [-0.15, -0.1) is 13.2 Å². The molecule has 0 aliphatic heterocycles. The lowest BCUT2D eigenvalue weighted by Crippen LogP contribution is -2.61. The van der Waals surface area contributed by atoms with Crippen molar-refractivity contribution in [1.29, 1.82) is 0 Å². The highest BCUT2D eigenvalue weighted by atomic mass is 35.5. The summed E-state index contributed by atoms with van der Waals surface area (Å²) in [6.45, 7) is -1.76. The number of ether oxygens (including phenoxy) is 2. The fourth-order valence-corrected chi connectivity index (χ4v) is 3.78. The van der Waals surface area contributed by atoms with Crippen LogP contribution in [-0.4, -0.2) is 52.5 Å². The van der Waals surface area contributed by atoms with Crippen molar-refractivity contribution in [3.63, 3.8) is 0 Å². The molecule has 2 amide bonds. The Hall–Kier alpha value is -3.13. The molecular weight excluding hydrogens is 522 g/mol. The number of anilines is 1. The molecule has 2 atom stereocenters. The molecule has 0 bridgehead atoms. The predicted molar refractivity (Wildman–Crippen MR) is 113 cm³/mol. The molecule has 1 aliphatic carbocycles. The Labute approximate surface area is 205 Å². The van der Waals surface area contributed by atoms with Gasteiger partial charge in [0.1, 0.15) is 12.1 Å². The van der Waals surface area contributed by atoms with Gasteiger partial charge in [0.05, 0.1) is 6.10 Å². The molecule has 1 saturated carbocycles. The zero-order valence-electron chi connectivity index (χ0n) is 18.4. The molecule has 0 spiro atoms. The number of carbonyl (C=O) groups is 2. The average molecular weight is 541 g/mol. The molecule has 8 nitrogen and oxygen atoms in total. The summed E-state index contributed by atoms with van der Waals surface area (Å²) >= 11 is 5.42. The molecule has 0 unspecified atom stereocenters. The van der Waals surface area contributed by atoms with Crippen molar-refractivity contribution >= 4 is 29.1 Å². The van der Waals surface area contributed by atoms with Gasteiger partial charge in [0.25, 0.3) is 17.4 Å². The standard InChI is InChI=1S/C21H19ClF6N4O4/c1-20(11-8-29-10-30-9-11,18(34)31-12-6-15(7-12)35-19(24)25)32(17(33)16(22)23)13-2-4-14(5-3-13)36-21(26,27)28/h2-5,8-10,12,15-16,19H,6-7H2,1H3,(H,31,34)/t12?,15?,16-,20-/m0/s1. The lowest BCUT2D eigenvalue weighted by Gasteiger charge is -2.43. The molecule has 0 radical (unpaired) electrons. The fourth-order valence-electron chi connectivity index (χ4n) is 3.68. The van der Waals surface area contributed by atoms with E-state index in [1.54, 1.807) is 0 Å². The molecule has 3 rings (SSSR count). The molecular formula is C21H19ClF6N4O4. The van der Waals surface area contributed by atoms with Gasteiger partial charge < -0.3 is 14.8 Å². The molecule has 1 fully saturated rings. The lowest BCUT2D eigenvalue weighted by atomic mass is 9.85. The van der Waals surface area contributed by atoms with Crippen LogP contribution >= 0.6 is 11.6 Å². The number of hydrogen-bond acceptors (Lipinski definition) is 6. The summed E-state index contributed by atoms with van der Waals surface area (Å²) in [6, 6.07) is 3.12. The number of aromatic nitrogens is 2. The minimum atomic E-state index is -4.98. The van der Waals surface area contributed by atoms with Gasteiger partial charge in [-0.3, -0.25) is 14.5 Å². The first kappa shape index (κ1) is 27.5. The number of halogens is 7. The summed E-state index contributed by atoms with van der Waals surface area (Å²) in [5.41, 5.74) is -4.91. The first-order valence-corrected chi connectivity index (χ1v) is 10.7. The third-order valence-electron chi connectivity index (χ3n) is 5.47. The van der Waals surface area contributed by atoms with Crippen molar-refractivity contribution in [2.24, 2.45) is 0 Å². The van der Waals surface area contributed by atoms with Crippen LogP contribution in [0.2, 0.25) is 0 Å². The van der Waals surface area contributed by atoms with Gasteiger partial charge in [-0.1, -0.05) is 11.6 Å². The van der Waals surface area contributed by atoms with Crippen LogP contribution in [0.1, 0.15) is 25.3 Å². The van der Waals surface area contributed by atoms with Crippen LogP contribution < -0.4 is 15.0 Å². The van der Waals surface area contributed by atoms with Gasteiger partial charge in [-0.25, -0.2) is 14.4 Å². The van der Waals surface area contributed by atoms with Gasteiger partial charge in [-0.2, -0.15) is 8.78 Å². The topological polar surface area (TPSA) is 93.6 Å². The molecule has 15 heteroatoms. The zero-order valence-corrected chi connectivity index (χ0v) is 19.1. The minimum Gasteiger partial charge on any atom is -0.406 e. The fraction of sp³-hybridized carbons (Fsp3) is 0.429. The van der Waals surface area contributed by atoms with Crippen LogP contribution in [0.15, 0.2) is 43.0 Å². The van der Waals surface area contributed by atoms with E-state index in [1.807, 2.05) is 0 Å². The van der Waals surface area contributed by atoms with Crippen LogP contribution in [0.3, 0.4) is 0 Å². The normalized spacial score (nSPS) is 20.1. The number of amides is 2. The third kappa shape index (κ3) is 6.35. The number of benzene rings is 1. The largest absolute Gasteiger partial charge is 0.573 e. The van der Waals surface area contributed by atoms with E-state index in [-0.39, 0.29) is 24.1 Å². The van der Waals surface area contributed by atoms with Crippen molar-refractivity contribution in [3.8, 4) is 5.75 Å². The minimum absolute atomic E-state index is 0.00323. The Morgan fingerprint density at radius 2 is 1.69 bits per heavy atom. The van der Waals surface area contributed by atoms with Crippen LogP contribution in [0.5, 0.6) is 5.75 Å². The van der Waals surface area contributed by atoms with Crippen LogP contribution in [-0.2, 0) is 19.9 Å². The Balaban J connectivity index is 1.99. The zero-order chi connectivity index (χ0) is 26.7.